The van der Waals surface area contributed by atoms with Crippen LogP contribution in [-0.2, 0) is 10.3 Å². The lowest BCUT2D eigenvalue weighted by atomic mass is 9.72. The fourth-order valence-electron chi connectivity index (χ4n) is 5.12. The van der Waals surface area contributed by atoms with E-state index >= 15 is 0 Å². The quantitative estimate of drug-likeness (QED) is 0.281. The van der Waals surface area contributed by atoms with E-state index < -0.39 is 17.2 Å². The number of methoxy groups -OCH3 is 1. The van der Waals surface area contributed by atoms with Crippen LogP contribution in [-0.4, -0.2) is 48.5 Å². The number of carbonyl (C=O) groups excluding carboxylic acids is 1. The Kier molecular flexibility index (Phi) is 6.25. The first-order valence-electron chi connectivity index (χ1n) is 13.3. The van der Waals surface area contributed by atoms with Gasteiger partial charge in [-0.3, -0.25) is 14.6 Å². The summed E-state index contributed by atoms with van der Waals surface area (Å²) in [6.07, 6.45) is 7.54. The lowest BCUT2D eigenvalue weighted by molar-refractivity contribution is 0.0377. The molecule has 0 unspecified atom stereocenters. The first-order chi connectivity index (χ1) is 19.3. The van der Waals surface area contributed by atoms with Crippen molar-refractivity contribution in [2.24, 2.45) is 0 Å². The number of fused-ring (bicyclic) bond motifs is 1. The molecule has 1 aromatic carbocycles. The summed E-state index contributed by atoms with van der Waals surface area (Å²) in [5, 5.41) is 10.8. The van der Waals surface area contributed by atoms with Gasteiger partial charge in [0.05, 0.1) is 41.2 Å². The normalized spacial score (nSPS) is 14.5. The second-order valence-corrected chi connectivity index (χ2v) is 11.0. The zero-order chi connectivity index (χ0) is 27.9. The second kappa shape index (κ2) is 9.78. The van der Waals surface area contributed by atoms with Crippen molar-refractivity contribution in [3.05, 3.63) is 72.7 Å². The lowest BCUT2D eigenvalue weighted by Gasteiger charge is -2.43. The highest BCUT2D eigenvalue weighted by molar-refractivity contribution is 5.90. The van der Waals surface area contributed by atoms with E-state index in [1.807, 2.05) is 57.2 Å². The number of hydrogen-bond donors (Lipinski definition) is 2. The van der Waals surface area contributed by atoms with Crippen molar-refractivity contribution >= 4 is 17.1 Å². The Bertz CT molecular complexity index is 1650. The van der Waals surface area contributed by atoms with Gasteiger partial charge in [-0.15, -0.1) is 0 Å². The maximum atomic E-state index is 12.7. The van der Waals surface area contributed by atoms with Crippen LogP contribution >= 0.6 is 0 Å². The molecule has 0 aliphatic heterocycles. The minimum atomic E-state index is -0.561. The summed E-state index contributed by atoms with van der Waals surface area (Å²) < 4.78 is 13.3. The minimum Gasteiger partial charge on any atom is -0.480 e. The predicted molar refractivity (Wildman–Crippen MR) is 151 cm³/mol. The van der Waals surface area contributed by atoms with Gasteiger partial charge in [0.2, 0.25) is 5.88 Å². The smallest absolute Gasteiger partial charge is 0.408 e. The number of ether oxygens (including phenoxy) is 2. The topological polar surface area (TPSA) is 120 Å². The second-order valence-electron chi connectivity index (χ2n) is 11.0. The molecule has 10 heteroatoms. The van der Waals surface area contributed by atoms with Gasteiger partial charge in [0.15, 0.2) is 11.5 Å². The molecule has 4 aromatic heterocycles. The largest absolute Gasteiger partial charge is 0.480 e. The fraction of sp³-hybridized carbons (Fsp3) is 0.300. The lowest BCUT2D eigenvalue weighted by Crippen LogP contribution is -2.52. The van der Waals surface area contributed by atoms with Gasteiger partial charge in [0.25, 0.3) is 0 Å². The molecule has 0 radical (unpaired) electrons. The van der Waals surface area contributed by atoms with Crippen LogP contribution in [0.15, 0.2) is 67.1 Å². The highest BCUT2D eigenvalue weighted by Gasteiger charge is 2.41. The number of H-pyrrole nitrogens is 1. The highest BCUT2D eigenvalue weighted by atomic mass is 16.6. The van der Waals surface area contributed by atoms with E-state index in [1.54, 1.807) is 25.7 Å². The van der Waals surface area contributed by atoms with Gasteiger partial charge in [-0.2, -0.15) is 10.1 Å². The van der Waals surface area contributed by atoms with E-state index in [1.165, 1.54) is 0 Å². The Labute approximate surface area is 231 Å². The van der Waals surface area contributed by atoms with E-state index in [4.69, 9.17) is 14.5 Å². The van der Waals surface area contributed by atoms with Crippen molar-refractivity contribution in [1.82, 2.24) is 35.0 Å². The molecular weight excluding hydrogens is 506 g/mol. The number of carbonyl (C=O) groups is 1. The van der Waals surface area contributed by atoms with E-state index in [0.717, 1.165) is 52.9 Å². The molecule has 0 atom stereocenters. The molecule has 0 bridgehead atoms. The van der Waals surface area contributed by atoms with Gasteiger partial charge in [-0.1, -0.05) is 18.2 Å². The molecule has 10 nitrogen and oxygen atoms in total. The SMILES string of the molecule is COc1nc(-c2cn[nH]c2)nc2c1cc(-c1ccccn1)n2-c1ccc(C2(NC(=O)OC(C)(C)C)CCC2)cc1. The van der Waals surface area contributed by atoms with Gasteiger partial charge < -0.3 is 14.8 Å². The molecule has 204 valence electrons. The molecule has 40 heavy (non-hydrogen) atoms. The van der Waals surface area contributed by atoms with Gasteiger partial charge >= 0.3 is 6.09 Å². The average Bonchev–Trinajstić information content (AvgIpc) is 3.58. The first kappa shape index (κ1) is 25.5. The van der Waals surface area contributed by atoms with Crippen molar-refractivity contribution in [3.8, 4) is 34.3 Å². The molecule has 1 amide bonds. The van der Waals surface area contributed by atoms with E-state index in [9.17, 15) is 4.79 Å². The summed E-state index contributed by atoms with van der Waals surface area (Å²) >= 11 is 0. The van der Waals surface area contributed by atoms with Gasteiger partial charge in [-0.25, -0.2) is 9.78 Å². The monoisotopic (exact) mass is 537 g/mol. The molecule has 5 aromatic rings. The van der Waals surface area contributed by atoms with Crippen LogP contribution in [0, 0.1) is 0 Å². The highest BCUT2D eigenvalue weighted by Crippen LogP contribution is 2.42. The van der Waals surface area contributed by atoms with Gasteiger partial charge in [0.1, 0.15) is 5.60 Å². The van der Waals surface area contributed by atoms with Crippen molar-refractivity contribution < 1.29 is 14.3 Å². The number of rotatable bonds is 6. The zero-order valence-corrected chi connectivity index (χ0v) is 22.9. The summed E-state index contributed by atoms with van der Waals surface area (Å²) in [5.74, 6) is 0.959. The van der Waals surface area contributed by atoms with Gasteiger partial charge in [-0.05, 0) is 75.9 Å². The predicted octanol–water partition coefficient (Wildman–Crippen LogP) is 5.79. The molecule has 2 N–H and O–H groups in total. The third kappa shape index (κ3) is 4.66. The van der Waals surface area contributed by atoms with Crippen LogP contribution in [0.4, 0.5) is 4.79 Å². The number of aromatic nitrogens is 6. The van der Waals surface area contributed by atoms with Crippen LogP contribution in [0.25, 0.3) is 39.5 Å². The van der Waals surface area contributed by atoms with Crippen LogP contribution in [0.3, 0.4) is 0 Å². The number of amides is 1. The van der Waals surface area contributed by atoms with Crippen molar-refractivity contribution in [2.75, 3.05) is 7.11 Å². The summed E-state index contributed by atoms with van der Waals surface area (Å²) in [6, 6.07) is 16.0. The third-order valence-corrected chi connectivity index (χ3v) is 7.13. The summed E-state index contributed by atoms with van der Waals surface area (Å²) in [4.78, 5) is 26.8. The van der Waals surface area contributed by atoms with Gasteiger partial charge in [0, 0.05) is 18.1 Å². The van der Waals surface area contributed by atoms with Crippen molar-refractivity contribution in [3.63, 3.8) is 0 Å². The van der Waals surface area contributed by atoms with Crippen LogP contribution in [0.1, 0.15) is 45.6 Å². The zero-order valence-electron chi connectivity index (χ0n) is 22.9. The van der Waals surface area contributed by atoms with Crippen LogP contribution in [0.2, 0.25) is 0 Å². The Morgan fingerprint density at radius 3 is 2.50 bits per heavy atom. The van der Waals surface area contributed by atoms with E-state index in [-0.39, 0.29) is 0 Å². The Morgan fingerprint density at radius 1 is 1.10 bits per heavy atom. The molecule has 4 heterocycles. The van der Waals surface area contributed by atoms with Crippen molar-refractivity contribution in [1.29, 1.82) is 0 Å². The van der Waals surface area contributed by atoms with E-state index in [0.29, 0.717) is 17.4 Å². The van der Waals surface area contributed by atoms with Crippen LogP contribution in [0.5, 0.6) is 5.88 Å². The van der Waals surface area contributed by atoms with Crippen LogP contribution < -0.4 is 10.1 Å². The number of nitrogens with one attached hydrogen (secondary N) is 2. The Hall–Kier alpha value is -4.73. The molecular formula is C30H31N7O3. The van der Waals surface area contributed by atoms with Crippen molar-refractivity contribution in [2.45, 2.75) is 51.2 Å². The first-order valence-corrected chi connectivity index (χ1v) is 13.3. The molecule has 1 aliphatic carbocycles. The number of pyridine rings is 1. The summed E-state index contributed by atoms with van der Waals surface area (Å²) in [7, 11) is 1.60. The average molecular weight is 538 g/mol. The summed E-state index contributed by atoms with van der Waals surface area (Å²) in [6.45, 7) is 5.60. The maximum Gasteiger partial charge on any atom is 0.408 e. The molecule has 0 saturated heterocycles. The molecule has 6 rings (SSSR count). The third-order valence-electron chi connectivity index (χ3n) is 7.13. The van der Waals surface area contributed by atoms with E-state index in [2.05, 4.69) is 42.2 Å². The standard InChI is InChI=1S/C30H31N7O3/c1-29(2,3)40-28(38)36-30(13-7-14-30)20-9-11-21(12-10-20)37-24(23-8-5-6-15-31-23)16-22-26(37)34-25(35-27(22)39-4)19-17-32-33-18-19/h5-6,8-12,15-18H,7,13-14H2,1-4H3,(H,32,33)(H,36,38). The minimum absolute atomic E-state index is 0.402. The number of hydrogen-bond acceptors (Lipinski definition) is 7. The maximum absolute atomic E-state index is 12.7. The molecule has 1 aliphatic rings. The molecule has 0 spiro atoms. The number of alkyl carbamates (subject to hydrolysis) is 1. The number of benzene rings is 1. The number of aromatic amines is 1. The fourth-order valence-corrected chi connectivity index (χ4v) is 5.12. The Morgan fingerprint density at radius 2 is 1.90 bits per heavy atom. The number of nitrogens with zero attached hydrogens (tertiary/aromatic N) is 5. The summed E-state index contributed by atoms with van der Waals surface area (Å²) in [5.41, 5.74) is 4.01. The molecule has 1 saturated carbocycles. The Balaban J connectivity index is 1.46. The molecule has 1 fully saturated rings.